The van der Waals surface area contributed by atoms with Gasteiger partial charge in [0.05, 0.1) is 5.56 Å². The van der Waals surface area contributed by atoms with Gasteiger partial charge in [-0.2, -0.15) is 0 Å². The van der Waals surface area contributed by atoms with Crippen LogP contribution in [0.5, 0.6) is 0 Å². The Morgan fingerprint density at radius 1 is 1.00 bits per heavy atom. The van der Waals surface area contributed by atoms with Gasteiger partial charge in [-0.15, -0.1) is 0 Å². The molecule has 0 aliphatic rings. The van der Waals surface area contributed by atoms with E-state index in [0.717, 1.165) is 22.5 Å². The Kier molecular flexibility index (Phi) is 5.61. The minimum Gasteiger partial charge on any atom is -0.366 e. The first-order chi connectivity index (χ1) is 12.4. The van der Waals surface area contributed by atoms with Crippen LogP contribution in [0.2, 0.25) is 15.1 Å². The normalized spacial score (nSPS) is 10.9. The van der Waals surface area contributed by atoms with Gasteiger partial charge in [0.15, 0.2) is 0 Å². The molecule has 0 saturated carbocycles. The Morgan fingerprint density at radius 2 is 1.65 bits per heavy atom. The number of benzene rings is 2. The molecule has 1 amide bonds. The maximum absolute atomic E-state index is 11.8. The summed E-state index contributed by atoms with van der Waals surface area (Å²) in [4.78, 5) is 11.8. The Hall–Kier alpha value is -1.94. The molecule has 6 heteroatoms. The van der Waals surface area contributed by atoms with E-state index in [0.29, 0.717) is 33.6 Å². The summed E-state index contributed by atoms with van der Waals surface area (Å²) in [6.07, 6.45) is 0.699. The zero-order valence-electron chi connectivity index (χ0n) is 14.1. The molecule has 0 aliphatic carbocycles. The van der Waals surface area contributed by atoms with Crippen LogP contribution >= 0.6 is 34.8 Å². The smallest absolute Gasteiger partial charge is 0.250 e. The third kappa shape index (κ3) is 3.90. The Bertz CT molecular complexity index is 962. The number of rotatable bonds is 5. The average Bonchev–Trinajstić information content (AvgIpc) is 2.92. The summed E-state index contributed by atoms with van der Waals surface area (Å²) >= 11 is 18.2. The first-order valence-electron chi connectivity index (χ1n) is 8.06. The van der Waals surface area contributed by atoms with Crippen LogP contribution < -0.4 is 5.73 Å². The highest BCUT2D eigenvalue weighted by Crippen LogP contribution is 2.28. The van der Waals surface area contributed by atoms with E-state index >= 15 is 0 Å². The summed E-state index contributed by atoms with van der Waals surface area (Å²) in [5.41, 5.74) is 9.75. The molecule has 0 unspecified atom stereocenters. The van der Waals surface area contributed by atoms with Crippen LogP contribution in [0.15, 0.2) is 48.5 Å². The third-order valence-corrected chi connectivity index (χ3v) is 5.23. The summed E-state index contributed by atoms with van der Waals surface area (Å²) in [7, 11) is 0. The number of hydrogen-bond acceptors (Lipinski definition) is 1. The molecule has 26 heavy (non-hydrogen) atoms. The summed E-state index contributed by atoms with van der Waals surface area (Å²) in [5, 5.41) is 1.89. The Labute approximate surface area is 167 Å². The van der Waals surface area contributed by atoms with E-state index in [1.807, 2.05) is 49.4 Å². The van der Waals surface area contributed by atoms with Gasteiger partial charge in [-0.1, -0.05) is 53.0 Å². The lowest BCUT2D eigenvalue weighted by Gasteiger charge is -2.13. The second-order valence-electron chi connectivity index (χ2n) is 6.04. The molecule has 0 radical (unpaired) electrons. The lowest BCUT2D eigenvalue weighted by molar-refractivity contribution is 0.0999. The van der Waals surface area contributed by atoms with Crippen LogP contribution in [0.25, 0.3) is 11.3 Å². The zero-order chi connectivity index (χ0) is 18.8. The van der Waals surface area contributed by atoms with Crippen LogP contribution in [-0.2, 0) is 13.0 Å². The molecule has 1 aromatic heterocycles. The number of carbonyl (C=O) groups is 1. The topological polar surface area (TPSA) is 48.0 Å². The first kappa shape index (κ1) is 18.8. The van der Waals surface area contributed by atoms with Gasteiger partial charge in [0.2, 0.25) is 0 Å². The van der Waals surface area contributed by atoms with Gasteiger partial charge >= 0.3 is 0 Å². The van der Waals surface area contributed by atoms with Crippen molar-refractivity contribution in [3.05, 3.63) is 80.4 Å². The fourth-order valence-electron chi connectivity index (χ4n) is 3.00. The molecular weight excluding hydrogens is 391 g/mol. The molecule has 1 heterocycles. The molecule has 0 atom stereocenters. The van der Waals surface area contributed by atoms with Crippen LogP contribution in [-0.4, -0.2) is 10.5 Å². The molecular formula is C20H17Cl3N2O. The van der Waals surface area contributed by atoms with Crippen molar-refractivity contribution in [3.8, 4) is 11.3 Å². The number of nitrogens with zero attached hydrogens (tertiary/aromatic N) is 1. The van der Waals surface area contributed by atoms with Gasteiger partial charge in [-0.05, 0) is 54.8 Å². The van der Waals surface area contributed by atoms with Crippen molar-refractivity contribution in [2.45, 2.75) is 19.9 Å². The number of aromatic nitrogens is 1. The highest BCUT2D eigenvalue weighted by molar-refractivity contribution is 6.35. The van der Waals surface area contributed by atoms with Crippen molar-refractivity contribution in [2.24, 2.45) is 5.73 Å². The van der Waals surface area contributed by atoms with Crippen LogP contribution in [0.1, 0.15) is 21.6 Å². The molecule has 3 aromatic rings. The van der Waals surface area contributed by atoms with E-state index in [1.165, 1.54) is 0 Å². The highest BCUT2D eigenvalue weighted by Gasteiger charge is 2.17. The second kappa shape index (κ2) is 7.75. The summed E-state index contributed by atoms with van der Waals surface area (Å²) in [6, 6.07) is 14.8. The van der Waals surface area contributed by atoms with E-state index in [1.54, 1.807) is 6.07 Å². The minimum atomic E-state index is -0.444. The lowest BCUT2D eigenvalue weighted by atomic mass is 10.1. The second-order valence-corrected chi connectivity index (χ2v) is 7.32. The lowest BCUT2D eigenvalue weighted by Crippen LogP contribution is -2.13. The van der Waals surface area contributed by atoms with Gasteiger partial charge in [0.1, 0.15) is 0 Å². The number of halogens is 3. The van der Waals surface area contributed by atoms with Gasteiger partial charge in [0, 0.05) is 33.0 Å². The average molecular weight is 408 g/mol. The van der Waals surface area contributed by atoms with Crippen molar-refractivity contribution in [3.63, 3.8) is 0 Å². The van der Waals surface area contributed by atoms with E-state index in [2.05, 4.69) is 4.57 Å². The van der Waals surface area contributed by atoms with E-state index in [4.69, 9.17) is 40.5 Å². The molecule has 3 rings (SSSR count). The standard InChI is InChI=1S/C20H17Cl3N2O/c1-12-17(20(24)26)11-19(14-3-5-15(21)6-4-14)25(12)9-8-13-2-7-16(22)10-18(13)23/h2-7,10-11H,8-9H2,1H3,(H2,24,26). The van der Waals surface area contributed by atoms with Gasteiger partial charge < -0.3 is 10.3 Å². The number of carbonyl (C=O) groups excluding carboxylic acids is 1. The van der Waals surface area contributed by atoms with Gasteiger partial charge in [-0.25, -0.2) is 0 Å². The molecule has 0 aliphatic heterocycles. The molecule has 2 N–H and O–H groups in total. The summed E-state index contributed by atoms with van der Waals surface area (Å²) in [6.45, 7) is 2.54. The SMILES string of the molecule is Cc1c(C(N)=O)cc(-c2ccc(Cl)cc2)n1CCc1ccc(Cl)cc1Cl. The van der Waals surface area contributed by atoms with Gasteiger partial charge in [-0.3, -0.25) is 4.79 Å². The number of nitrogens with two attached hydrogens (primary N) is 1. The third-order valence-electron chi connectivity index (χ3n) is 4.39. The summed E-state index contributed by atoms with van der Waals surface area (Å²) in [5.74, 6) is -0.444. The number of primary amides is 1. The summed E-state index contributed by atoms with van der Waals surface area (Å²) < 4.78 is 2.08. The van der Waals surface area contributed by atoms with Crippen molar-refractivity contribution in [1.29, 1.82) is 0 Å². The molecule has 0 fully saturated rings. The van der Waals surface area contributed by atoms with E-state index < -0.39 is 5.91 Å². The van der Waals surface area contributed by atoms with Crippen molar-refractivity contribution in [2.75, 3.05) is 0 Å². The predicted molar refractivity (Wildman–Crippen MR) is 108 cm³/mol. The monoisotopic (exact) mass is 406 g/mol. The number of amides is 1. The first-order valence-corrected chi connectivity index (χ1v) is 9.20. The maximum atomic E-state index is 11.8. The molecule has 134 valence electrons. The quantitative estimate of drug-likeness (QED) is 0.574. The minimum absolute atomic E-state index is 0.444. The van der Waals surface area contributed by atoms with Crippen LogP contribution in [0.4, 0.5) is 0 Å². The van der Waals surface area contributed by atoms with Crippen molar-refractivity contribution >= 4 is 40.7 Å². The predicted octanol–water partition coefficient (Wildman–Crippen LogP) is 5.77. The molecule has 3 nitrogen and oxygen atoms in total. The molecule has 0 bridgehead atoms. The van der Waals surface area contributed by atoms with Crippen LogP contribution in [0.3, 0.4) is 0 Å². The zero-order valence-corrected chi connectivity index (χ0v) is 16.4. The number of hydrogen-bond donors (Lipinski definition) is 1. The highest BCUT2D eigenvalue weighted by atomic mass is 35.5. The fourth-order valence-corrected chi connectivity index (χ4v) is 3.63. The molecule has 0 saturated heterocycles. The Morgan fingerprint density at radius 3 is 2.27 bits per heavy atom. The fraction of sp³-hybridized carbons (Fsp3) is 0.150. The molecule has 2 aromatic carbocycles. The molecule has 0 spiro atoms. The van der Waals surface area contributed by atoms with E-state index in [-0.39, 0.29) is 0 Å². The van der Waals surface area contributed by atoms with Crippen molar-refractivity contribution < 1.29 is 4.79 Å². The largest absolute Gasteiger partial charge is 0.366 e. The number of aryl methyl sites for hydroxylation is 1. The van der Waals surface area contributed by atoms with Gasteiger partial charge in [0.25, 0.3) is 5.91 Å². The van der Waals surface area contributed by atoms with Crippen molar-refractivity contribution in [1.82, 2.24) is 4.57 Å². The maximum Gasteiger partial charge on any atom is 0.250 e. The Balaban J connectivity index is 1.99. The van der Waals surface area contributed by atoms with E-state index in [9.17, 15) is 4.79 Å². The van der Waals surface area contributed by atoms with Crippen LogP contribution in [0, 0.1) is 6.92 Å².